The summed E-state index contributed by atoms with van der Waals surface area (Å²) >= 11 is 0. The number of aromatic nitrogens is 2. The molecule has 0 bridgehead atoms. The van der Waals surface area contributed by atoms with Gasteiger partial charge in [-0.15, -0.1) is 0 Å². The van der Waals surface area contributed by atoms with Crippen LogP contribution in [-0.4, -0.2) is 33.3 Å². The van der Waals surface area contributed by atoms with E-state index >= 15 is 0 Å². The molecule has 9 heteroatoms. The summed E-state index contributed by atoms with van der Waals surface area (Å²) in [5.41, 5.74) is 1.70. The lowest BCUT2D eigenvalue weighted by atomic mass is 10.2. The third-order valence-electron chi connectivity index (χ3n) is 4.90. The van der Waals surface area contributed by atoms with Gasteiger partial charge in [-0.05, 0) is 50.2 Å². The van der Waals surface area contributed by atoms with Gasteiger partial charge in [-0.1, -0.05) is 18.2 Å². The van der Waals surface area contributed by atoms with Crippen molar-refractivity contribution in [2.45, 2.75) is 26.9 Å². The Labute approximate surface area is 184 Å². The second kappa shape index (κ2) is 9.34. The lowest BCUT2D eigenvalue weighted by Crippen LogP contribution is -2.32. The lowest BCUT2D eigenvalue weighted by Gasteiger charge is -2.13. The van der Waals surface area contributed by atoms with Gasteiger partial charge in [-0.3, -0.25) is 19.1 Å². The van der Waals surface area contributed by atoms with Crippen LogP contribution >= 0.6 is 0 Å². The van der Waals surface area contributed by atoms with Crippen molar-refractivity contribution in [2.75, 3.05) is 10.6 Å². The van der Waals surface area contributed by atoms with Crippen molar-refractivity contribution in [3.8, 4) is 5.69 Å². The fourth-order valence-electron chi connectivity index (χ4n) is 3.11. The molecule has 1 heterocycles. The molecular weight excluding hydrogens is 412 g/mol. The summed E-state index contributed by atoms with van der Waals surface area (Å²) in [5.74, 6) is -1.55. The summed E-state index contributed by atoms with van der Waals surface area (Å²) in [4.78, 5) is 49.0. The molecule has 2 N–H and O–H groups in total. The second-order valence-electron chi connectivity index (χ2n) is 7.23. The van der Waals surface area contributed by atoms with Gasteiger partial charge in [-0.25, -0.2) is 9.48 Å². The molecule has 0 aliphatic carbocycles. The van der Waals surface area contributed by atoms with Crippen molar-refractivity contribution in [3.63, 3.8) is 0 Å². The summed E-state index contributed by atoms with van der Waals surface area (Å²) in [7, 11) is 1.72. The fourth-order valence-corrected chi connectivity index (χ4v) is 3.11. The maximum atomic E-state index is 12.9. The van der Waals surface area contributed by atoms with Crippen LogP contribution in [0.2, 0.25) is 0 Å². The first-order valence-corrected chi connectivity index (χ1v) is 9.92. The predicted molar refractivity (Wildman–Crippen MR) is 120 cm³/mol. The van der Waals surface area contributed by atoms with Gasteiger partial charge in [0, 0.05) is 19.7 Å². The van der Waals surface area contributed by atoms with E-state index in [1.807, 2.05) is 18.2 Å². The van der Waals surface area contributed by atoms with Crippen LogP contribution in [0.25, 0.3) is 5.69 Å². The molecule has 166 valence electrons. The van der Waals surface area contributed by atoms with Crippen molar-refractivity contribution in [1.29, 1.82) is 0 Å². The van der Waals surface area contributed by atoms with Crippen molar-refractivity contribution in [1.82, 2.24) is 9.36 Å². The van der Waals surface area contributed by atoms with E-state index < -0.39 is 23.5 Å². The number of hydrogen-bond donors (Lipinski definition) is 2. The van der Waals surface area contributed by atoms with E-state index in [1.165, 1.54) is 30.7 Å². The van der Waals surface area contributed by atoms with Crippen LogP contribution in [0, 0.1) is 6.92 Å². The van der Waals surface area contributed by atoms with Gasteiger partial charge in [0.25, 0.3) is 11.5 Å². The number of hydrogen-bond acceptors (Lipinski definition) is 5. The number of para-hydroxylation sites is 1. The predicted octanol–water partition coefficient (Wildman–Crippen LogP) is 2.63. The molecule has 0 aliphatic heterocycles. The topological polar surface area (TPSA) is 111 Å². The minimum absolute atomic E-state index is 0.115. The summed E-state index contributed by atoms with van der Waals surface area (Å²) in [5, 5.41) is 5.18. The van der Waals surface area contributed by atoms with Crippen molar-refractivity contribution < 1.29 is 19.1 Å². The Hall–Kier alpha value is -4.14. The molecule has 3 aromatic rings. The lowest BCUT2D eigenvalue weighted by molar-refractivity contribution is -0.123. The van der Waals surface area contributed by atoms with Crippen LogP contribution in [0.5, 0.6) is 0 Å². The van der Waals surface area contributed by atoms with E-state index in [2.05, 4.69) is 10.6 Å². The first-order chi connectivity index (χ1) is 15.2. The molecule has 0 saturated heterocycles. The van der Waals surface area contributed by atoms with Gasteiger partial charge in [0.15, 0.2) is 6.10 Å². The minimum atomic E-state index is -1.14. The molecular formula is C23H24N4O5. The molecule has 0 aliphatic rings. The second-order valence-corrected chi connectivity index (χ2v) is 7.23. The average molecular weight is 436 g/mol. The third-order valence-corrected chi connectivity index (χ3v) is 4.90. The molecule has 2 amide bonds. The molecule has 1 atom stereocenters. The highest BCUT2D eigenvalue weighted by atomic mass is 16.5. The average Bonchev–Trinajstić information content (AvgIpc) is 2.97. The number of rotatable bonds is 6. The Morgan fingerprint density at radius 1 is 0.969 bits per heavy atom. The fraction of sp³-hybridized carbons (Fsp3) is 0.217. The first kappa shape index (κ1) is 22.5. The zero-order valence-corrected chi connectivity index (χ0v) is 18.2. The Kier molecular flexibility index (Phi) is 6.58. The molecule has 2 aromatic carbocycles. The van der Waals surface area contributed by atoms with Gasteiger partial charge in [0.1, 0.15) is 5.69 Å². The van der Waals surface area contributed by atoms with Crippen molar-refractivity contribution >= 4 is 29.2 Å². The zero-order chi connectivity index (χ0) is 23.4. The summed E-state index contributed by atoms with van der Waals surface area (Å²) in [6.07, 6.45) is -1.14. The number of ether oxygens (including phenoxy) is 1. The van der Waals surface area contributed by atoms with E-state index in [4.69, 9.17) is 4.74 Å². The quantitative estimate of drug-likeness (QED) is 0.577. The Bertz CT molecular complexity index is 1210. The Morgan fingerprint density at radius 3 is 2.19 bits per heavy atom. The third kappa shape index (κ3) is 4.77. The maximum Gasteiger partial charge on any atom is 0.338 e. The molecule has 3 rings (SSSR count). The van der Waals surface area contributed by atoms with E-state index in [-0.39, 0.29) is 17.2 Å². The van der Waals surface area contributed by atoms with Gasteiger partial charge in [-0.2, -0.15) is 0 Å². The number of carbonyl (C=O) groups is 3. The Morgan fingerprint density at radius 2 is 1.59 bits per heavy atom. The summed E-state index contributed by atoms with van der Waals surface area (Å²) in [6, 6.07) is 15.1. The minimum Gasteiger partial charge on any atom is -0.449 e. The van der Waals surface area contributed by atoms with Crippen LogP contribution in [0.3, 0.4) is 0 Å². The van der Waals surface area contributed by atoms with Crippen LogP contribution in [-0.2, 0) is 21.4 Å². The number of nitrogens with zero attached hydrogens (tertiary/aromatic N) is 2. The van der Waals surface area contributed by atoms with Crippen molar-refractivity contribution in [2.24, 2.45) is 7.05 Å². The Balaban J connectivity index is 1.72. The molecule has 9 nitrogen and oxygen atoms in total. The SMILES string of the molecule is CC(=O)Nc1ccc(C(=O)OC(C)C(=O)Nc2c(C)n(C)n(-c3ccccc3)c2=O)cc1. The highest BCUT2D eigenvalue weighted by molar-refractivity contribution is 5.98. The van der Waals surface area contributed by atoms with Crippen LogP contribution < -0.4 is 16.2 Å². The van der Waals surface area contributed by atoms with Gasteiger partial charge < -0.3 is 15.4 Å². The van der Waals surface area contributed by atoms with Crippen LogP contribution in [0.15, 0.2) is 59.4 Å². The number of benzene rings is 2. The molecule has 32 heavy (non-hydrogen) atoms. The molecule has 1 aromatic heterocycles. The largest absolute Gasteiger partial charge is 0.449 e. The zero-order valence-electron chi connectivity index (χ0n) is 18.2. The van der Waals surface area contributed by atoms with Gasteiger partial charge in [0.05, 0.1) is 16.9 Å². The summed E-state index contributed by atoms with van der Waals surface area (Å²) < 4.78 is 8.32. The number of anilines is 2. The molecule has 0 saturated carbocycles. The van der Waals surface area contributed by atoms with E-state index in [0.717, 1.165) is 0 Å². The van der Waals surface area contributed by atoms with E-state index in [1.54, 1.807) is 42.9 Å². The monoisotopic (exact) mass is 436 g/mol. The van der Waals surface area contributed by atoms with Gasteiger partial charge >= 0.3 is 5.97 Å². The number of carbonyl (C=O) groups excluding carboxylic acids is 3. The normalized spacial score (nSPS) is 11.5. The van der Waals surface area contributed by atoms with Crippen LogP contribution in [0.4, 0.5) is 11.4 Å². The molecule has 0 radical (unpaired) electrons. The van der Waals surface area contributed by atoms with E-state index in [9.17, 15) is 19.2 Å². The number of esters is 1. The van der Waals surface area contributed by atoms with Crippen LogP contribution in [0.1, 0.15) is 29.9 Å². The smallest absolute Gasteiger partial charge is 0.338 e. The molecule has 0 spiro atoms. The van der Waals surface area contributed by atoms with Crippen molar-refractivity contribution in [3.05, 3.63) is 76.2 Å². The van der Waals surface area contributed by atoms with E-state index in [0.29, 0.717) is 17.1 Å². The first-order valence-electron chi connectivity index (χ1n) is 9.92. The number of nitrogens with one attached hydrogen (secondary N) is 2. The number of amides is 2. The molecule has 0 fully saturated rings. The summed E-state index contributed by atoms with van der Waals surface area (Å²) in [6.45, 7) is 4.52. The maximum absolute atomic E-state index is 12.9. The standard InChI is InChI=1S/C23H24N4O5/c1-14-20(22(30)27(26(14)4)19-8-6-5-7-9-19)25-21(29)15(2)32-23(31)17-10-12-18(13-11-17)24-16(3)28/h5-13,15H,1-4H3,(H,24,28)(H,25,29). The molecule has 1 unspecified atom stereocenters. The highest BCUT2D eigenvalue weighted by Crippen LogP contribution is 2.15. The van der Waals surface area contributed by atoms with Gasteiger partial charge in [0.2, 0.25) is 5.91 Å². The highest BCUT2D eigenvalue weighted by Gasteiger charge is 2.23.